The number of rotatable bonds is 3. The zero-order chi connectivity index (χ0) is 10.9. The SMILES string of the molecule is Br.COc1c(F)cccc1C1(CN)CCC1. The molecule has 0 amide bonds. The molecule has 0 atom stereocenters. The summed E-state index contributed by atoms with van der Waals surface area (Å²) in [4.78, 5) is 0. The van der Waals surface area contributed by atoms with Crippen molar-refractivity contribution in [2.75, 3.05) is 13.7 Å². The molecule has 4 heteroatoms. The van der Waals surface area contributed by atoms with Gasteiger partial charge in [-0.3, -0.25) is 0 Å². The van der Waals surface area contributed by atoms with Gasteiger partial charge in [0.2, 0.25) is 0 Å². The van der Waals surface area contributed by atoms with Crippen LogP contribution in [0.2, 0.25) is 0 Å². The van der Waals surface area contributed by atoms with Crippen LogP contribution in [0.5, 0.6) is 5.75 Å². The molecule has 2 rings (SSSR count). The van der Waals surface area contributed by atoms with E-state index in [9.17, 15) is 4.39 Å². The maximum absolute atomic E-state index is 13.5. The van der Waals surface area contributed by atoms with E-state index in [4.69, 9.17) is 10.5 Å². The molecule has 0 spiro atoms. The molecule has 0 unspecified atom stereocenters. The summed E-state index contributed by atoms with van der Waals surface area (Å²) in [6.45, 7) is 0.562. The van der Waals surface area contributed by atoms with Crippen molar-refractivity contribution in [2.45, 2.75) is 24.7 Å². The van der Waals surface area contributed by atoms with Crippen molar-refractivity contribution < 1.29 is 9.13 Å². The van der Waals surface area contributed by atoms with Crippen LogP contribution >= 0.6 is 17.0 Å². The molecule has 1 fully saturated rings. The summed E-state index contributed by atoms with van der Waals surface area (Å²) in [6, 6.07) is 5.07. The van der Waals surface area contributed by atoms with E-state index in [1.807, 2.05) is 6.07 Å². The van der Waals surface area contributed by atoms with Crippen LogP contribution in [0.3, 0.4) is 0 Å². The minimum atomic E-state index is -0.297. The van der Waals surface area contributed by atoms with Gasteiger partial charge in [-0.1, -0.05) is 18.6 Å². The lowest BCUT2D eigenvalue weighted by Crippen LogP contribution is -2.41. The van der Waals surface area contributed by atoms with E-state index in [0.717, 1.165) is 24.8 Å². The molecule has 1 aromatic rings. The minimum absolute atomic E-state index is 0. The third-order valence-electron chi connectivity index (χ3n) is 3.44. The Kier molecular flexibility index (Phi) is 4.33. The largest absolute Gasteiger partial charge is 0.493 e. The molecule has 90 valence electrons. The molecule has 1 aromatic carbocycles. The fourth-order valence-electron chi connectivity index (χ4n) is 2.32. The van der Waals surface area contributed by atoms with Gasteiger partial charge in [0, 0.05) is 17.5 Å². The van der Waals surface area contributed by atoms with E-state index in [-0.39, 0.29) is 28.2 Å². The van der Waals surface area contributed by atoms with E-state index < -0.39 is 0 Å². The molecule has 2 nitrogen and oxygen atoms in total. The predicted molar refractivity (Wildman–Crippen MR) is 67.9 cm³/mol. The Hall–Kier alpha value is -0.610. The van der Waals surface area contributed by atoms with Gasteiger partial charge in [0.1, 0.15) is 0 Å². The van der Waals surface area contributed by atoms with Crippen molar-refractivity contribution in [2.24, 2.45) is 5.73 Å². The van der Waals surface area contributed by atoms with Crippen molar-refractivity contribution in [1.82, 2.24) is 0 Å². The summed E-state index contributed by atoms with van der Waals surface area (Å²) < 4.78 is 18.6. The molecule has 1 aliphatic carbocycles. The molecule has 0 heterocycles. The lowest BCUT2D eigenvalue weighted by atomic mass is 9.64. The van der Waals surface area contributed by atoms with Gasteiger partial charge < -0.3 is 10.5 Å². The average molecular weight is 290 g/mol. The summed E-state index contributed by atoms with van der Waals surface area (Å²) in [5.41, 5.74) is 6.68. The molecule has 2 N–H and O–H groups in total. The summed E-state index contributed by atoms with van der Waals surface area (Å²) in [6.07, 6.45) is 3.23. The lowest BCUT2D eigenvalue weighted by molar-refractivity contribution is 0.240. The maximum atomic E-state index is 13.5. The lowest BCUT2D eigenvalue weighted by Gasteiger charge is -2.42. The zero-order valence-electron chi connectivity index (χ0n) is 9.33. The molecule has 0 aromatic heterocycles. The fourth-order valence-corrected chi connectivity index (χ4v) is 2.32. The van der Waals surface area contributed by atoms with Gasteiger partial charge in [-0.05, 0) is 18.9 Å². The number of halogens is 2. The van der Waals surface area contributed by atoms with Gasteiger partial charge in [-0.2, -0.15) is 0 Å². The summed E-state index contributed by atoms with van der Waals surface area (Å²) in [5.74, 6) is 0.0670. The van der Waals surface area contributed by atoms with Gasteiger partial charge in [0.15, 0.2) is 11.6 Å². The number of ether oxygens (including phenoxy) is 1. The van der Waals surface area contributed by atoms with Crippen molar-refractivity contribution in [3.05, 3.63) is 29.6 Å². The average Bonchev–Trinajstić information content (AvgIpc) is 2.17. The molecular formula is C12H17BrFNO. The Morgan fingerprint density at radius 1 is 1.44 bits per heavy atom. The highest BCUT2D eigenvalue weighted by atomic mass is 79.9. The first-order chi connectivity index (χ1) is 7.23. The monoisotopic (exact) mass is 289 g/mol. The Morgan fingerprint density at radius 3 is 2.56 bits per heavy atom. The third-order valence-corrected chi connectivity index (χ3v) is 3.44. The molecule has 1 aliphatic rings. The van der Waals surface area contributed by atoms with Crippen molar-refractivity contribution in [3.63, 3.8) is 0 Å². The molecule has 16 heavy (non-hydrogen) atoms. The van der Waals surface area contributed by atoms with Gasteiger partial charge >= 0.3 is 0 Å². The first-order valence-electron chi connectivity index (χ1n) is 5.26. The summed E-state index contributed by atoms with van der Waals surface area (Å²) >= 11 is 0. The number of methoxy groups -OCH3 is 1. The van der Waals surface area contributed by atoms with Crippen LogP contribution in [0, 0.1) is 5.82 Å². The van der Waals surface area contributed by atoms with E-state index in [1.165, 1.54) is 13.2 Å². The van der Waals surface area contributed by atoms with Crippen LogP contribution < -0.4 is 10.5 Å². The van der Waals surface area contributed by atoms with Crippen LogP contribution in [-0.4, -0.2) is 13.7 Å². The van der Waals surface area contributed by atoms with Gasteiger partial charge in [0.05, 0.1) is 7.11 Å². The van der Waals surface area contributed by atoms with Crippen LogP contribution in [-0.2, 0) is 5.41 Å². The number of nitrogens with two attached hydrogens (primary N) is 1. The quantitative estimate of drug-likeness (QED) is 0.929. The normalized spacial score (nSPS) is 17.2. The highest BCUT2D eigenvalue weighted by Gasteiger charge is 2.39. The van der Waals surface area contributed by atoms with Crippen LogP contribution in [0.15, 0.2) is 18.2 Å². The van der Waals surface area contributed by atoms with Crippen LogP contribution in [0.1, 0.15) is 24.8 Å². The maximum Gasteiger partial charge on any atom is 0.165 e. The number of hydrogen-bond donors (Lipinski definition) is 1. The number of para-hydroxylation sites is 1. The first kappa shape index (κ1) is 13.5. The van der Waals surface area contributed by atoms with Gasteiger partial charge in [-0.25, -0.2) is 4.39 Å². The zero-order valence-corrected chi connectivity index (χ0v) is 11.0. The third kappa shape index (κ3) is 1.96. The van der Waals surface area contributed by atoms with Crippen molar-refractivity contribution in [1.29, 1.82) is 0 Å². The molecular weight excluding hydrogens is 273 g/mol. The molecule has 0 aliphatic heterocycles. The molecule has 0 radical (unpaired) electrons. The standard InChI is InChI=1S/C12H16FNO.BrH/c1-15-11-9(4-2-5-10(11)13)12(8-14)6-3-7-12;/h2,4-5H,3,6-8,14H2,1H3;1H. The van der Waals surface area contributed by atoms with Gasteiger partial charge in [-0.15, -0.1) is 17.0 Å². The topological polar surface area (TPSA) is 35.2 Å². The van der Waals surface area contributed by atoms with Gasteiger partial charge in [0.25, 0.3) is 0 Å². The predicted octanol–water partition coefficient (Wildman–Crippen LogP) is 2.79. The molecule has 1 saturated carbocycles. The number of hydrogen-bond acceptors (Lipinski definition) is 2. The summed E-state index contributed by atoms with van der Waals surface area (Å²) in [5, 5.41) is 0. The highest BCUT2D eigenvalue weighted by molar-refractivity contribution is 8.93. The molecule has 0 saturated heterocycles. The van der Waals surface area contributed by atoms with Crippen molar-refractivity contribution >= 4 is 17.0 Å². The highest BCUT2D eigenvalue weighted by Crippen LogP contribution is 2.46. The number of benzene rings is 1. The van der Waals surface area contributed by atoms with Crippen LogP contribution in [0.25, 0.3) is 0 Å². The molecule has 0 bridgehead atoms. The van der Waals surface area contributed by atoms with E-state index >= 15 is 0 Å². The first-order valence-corrected chi connectivity index (χ1v) is 5.26. The van der Waals surface area contributed by atoms with E-state index in [2.05, 4.69) is 0 Å². The smallest absolute Gasteiger partial charge is 0.165 e. The minimum Gasteiger partial charge on any atom is -0.493 e. The van der Waals surface area contributed by atoms with E-state index in [1.54, 1.807) is 6.07 Å². The Balaban J connectivity index is 0.00000128. The second-order valence-corrected chi connectivity index (χ2v) is 4.16. The second-order valence-electron chi connectivity index (χ2n) is 4.16. The van der Waals surface area contributed by atoms with Crippen LogP contribution in [0.4, 0.5) is 4.39 Å². The van der Waals surface area contributed by atoms with E-state index in [0.29, 0.717) is 12.3 Å². The Morgan fingerprint density at radius 2 is 2.12 bits per heavy atom. The Bertz CT molecular complexity index is 361. The fraction of sp³-hybridized carbons (Fsp3) is 0.500. The van der Waals surface area contributed by atoms with Crippen molar-refractivity contribution in [3.8, 4) is 5.75 Å². The summed E-state index contributed by atoms with van der Waals surface area (Å²) in [7, 11) is 1.50. The second kappa shape index (κ2) is 5.15. The Labute approximate surface area is 106 Å².